The van der Waals surface area contributed by atoms with E-state index in [0.29, 0.717) is 0 Å². The molecule has 144 valence electrons. The first-order chi connectivity index (χ1) is 13.2. The minimum absolute atomic E-state index is 0.0275. The van der Waals surface area contributed by atoms with E-state index in [0.717, 1.165) is 32.1 Å². The summed E-state index contributed by atoms with van der Waals surface area (Å²) in [5.41, 5.74) is 3.81. The molecule has 0 saturated heterocycles. The summed E-state index contributed by atoms with van der Waals surface area (Å²) in [6.45, 7) is 4.26. The van der Waals surface area contributed by atoms with Gasteiger partial charge in [-0.15, -0.1) is 0 Å². The first kappa shape index (κ1) is 21.1. The number of carbonyl (C=O) groups is 1. The van der Waals surface area contributed by atoms with Crippen molar-refractivity contribution in [2.75, 3.05) is 0 Å². The minimum atomic E-state index is -0.0275. The van der Waals surface area contributed by atoms with Gasteiger partial charge in [0, 0.05) is 24.5 Å². The number of nitrogens with zero attached hydrogens (tertiary/aromatic N) is 1. The molecule has 0 aromatic carbocycles. The second-order valence-corrected chi connectivity index (χ2v) is 7.61. The van der Waals surface area contributed by atoms with Gasteiger partial charge in [-0.25, -0.2) is 0 Å². The zero-order valence-electron chi connectivity index (χ0n) is 16.4. The highest BCUT2D eigenvalue weighted by Crippen LogP contribution is 2.23. The average Bonchev–Trinajstić information content (AvgIpc) is 3.20. The van der Waals surface area contributed by atoms with E-state index in [2.05, 4.69) is 53.1 Å². The Bertz CT molecular complexity index is 720. The van der Waals surface area contributed by atoms with Gasteiger partial charge >= 0.3 is 0 Å². The molecule has 0 aliphatic heterocycles. The molecule has 0 radical (unpaired) electrons. The van der Waals surface area contributed by atoms with Crippen molar-refractivity contribution in [3.8, 4) is 0 Å². The summed E-state index contributed by atoms with van der Waals surface area (Å²) in [5.74, 6) is -0.0275. The molecule has 4 heteroatoms. The van der Waals surface area contributed by atoms with Crippen molar-refractivity contribution in [3.63, 3.8) is 0 Å². The third-order valence-electron chi connectivity index (χ3n) is 4.45. The van der Waals surface area contributed by atoms with E-state index in [-0.39, 0.29) is 11.9 Å². The van der Waals surface area contributed by atoms with E-state index >= 15 is 0 Å². The van der Waals surface area contributed by atoms with Gasteiger partial charge in [-0.05, 0) is 78.6 Å². The molecule has 1 amide bonds. The van der Waals surface area contributed by atoms with Crippen LogP contribution >= 0.6 is 11.3 Å². The Morgan fingerprint density at radius 3 is 2.93 bits per heavy atom. The van der Waals surface area contributed by atoms with E-state index < -0.39 is 0 Å². The van der Waals surface area contributed by atoms with Crippen LogP contribution in [0.1, 0.15) is 57.1 Å². The zero-order valence-corrected chi connectivity index (χ0v) is 17.2. The maximum absolute atomic E-state index is 12.1. The van der Waals surface area contributed by atoms with Crippen molar-refractivity contribution in [2.24, 2.45) is 0 Å². The van der Waals surface area contributed by atoms with Crippen LogP contribution in [-0.4, -0.2) is 16.9 Å². The quantitative estimate of drug-likeness (QED) is 0.394. The Labute approximate surface area is 167 Å². The van der Waals surface area contributed by atoms with Crippen LogP contribution in [0.15, 0.2) is 59.6 Å². The fourth-order valence-corrected chi connectivity index (χ4v) is 3.59. The Hall–Kier alpha value is -2.20. The molecule has 0 aliphatic carbocycles. The molecule has 0 spiro atoms. The number of aromatic nitrogens is 1. The van der Waals surface area contributed by atoms with E-state index in [1.807, 2.05) is 18.3 Å². The maximum Gasteiger partial charge on any atom is 0.244 e. The lowest BCUT2D eigenvalue weighted by atomic mass is 10.0. The predicted molar refractivity (Wildman–Crippen MR) is 116 cm³/mol. The lowest BCUT2D eigenvalue weighted by molar-refractivity contribution is -0.117. The molecule has 2 aromatic rings. The van der Waals surface area contributed by atoms with Crippen LogP contribution in [0.4, 0.5) is 0 Å². The molecule has 1 atom stereocenters. The van der Waals surface area contributed by atoms with Crippen molar-refractivity contribution in [1.82, 2.24) is 10.3 Å². The van der Waals surface area contributed by atoms with Gasteiger partial charge in [0.05, 0.1) is 0 Å². The summed E-state index contributed by atoms with van der Waals surface area (Å²) in [6.07, 6.45) is 15.6. The molecule has 3 nitrogen and oxygen atoms in total. The summed E-state index contributed by atoms with van der Waals surface area (Å²) in [6, 6.07) is 6.36. The van der Waals surface area contributed by atoms with Crippen LogP contribution in [0, 0.1) is 0 Å². The summed E-state index contributed by atoms with van der Waals surface area (Å²) in [7, 11) is 0. The number of pyridine rings is 1. The summed E-state index contributed by atoms with van der Waals surface area (Å²) in [5, 5.41) is 7.31. The smallest absolute Gasteiger partial charge is 0.244 e. The average molecular weight is 383 g/mol. The van der Waals surface area contributed by atoms with Crippen molar-refractivity contribution in [2.45, 2.75) is 58.4 Å². The fraction of sp³-hybridized carbons (Fsp3) is 0.391. The number of carbonyl (C=O) groups excluding carboxylic acids is 1. The number of hydrogen-bond acceptors (Lipinski definition) is 3. The van der Waals surface area contributed by atoms with Gasteiger partial charge in [0.25, 0.3) is 0 Å². The molecule has 0 aliphatic rings. The monoisotopic (exact) mass is 382 g/mol. The number of allylic oxidation sites excluding steroid dienone is 3. The van der Waals surface area contributed by atoms with Crippen molar-refractivity contribution in [1.29, 1.82) is 0 Å². The van der Waals surface area contributed by atoms with E-state index in [4.69, 9.17) is 0 Å². The highest BCUT2D eigenvalue weighted by atomic mass is 32.1. The molecule has 0 fully saturated rings. The first-order valence-corrected chi connectivity index (χ1v) is 10.7. The molecule has 2 heterocycles. The van der Waals surface area contributed by atoms with Crippen molar-refractivity contribution in [3.05, 3.63) is 70.7 Å². The van der Waals surface area contributed by atoms with Crippen LogP contribution in [-0.2, 0) is 11.2 Å². The molecule has 0 saturated carbocycles. The predicted octanol–water partition coefficient (Wildman–Crippen LogP) is 5.80. The van der Waals surface area contributed by atoms with E-state index in [1.165, 1.54) is 23.1 Å². The van der Waals surface area contributed by atoms with Gasteiger partial charge in [-0.2, -0.15) is 11.3 Å². The Kier molecular flexibility index (Phi) is 9.56. The molecule has 0 unspecified atom stereocenters. The number of unbranched alkanes of at least 4 members (excludes halogenated alkanes) is 1. The lowest BCUT2D eigenvalue weighted by Crippen LogP contribution is -2.31. The zero-order chi connectivity index (χ0) is 19.3. The van der Waals surface area contributed by atoms with Crippen molar-refractivity contribution < 1.29 is 4.79 Å². The van der Waals surface area contributed by atoms with Crippen LogP contribution in [0.5, 0.6) is 0 Å². The SMILES string of the molecule is CCCCC(=CC=CC(=O)N[C@H](C)CCCc1cccnc1)c1ccsc1. The Morgan fingerprint density at radius 2 is 2.22 bits per heavy atom. The minimum Gasteiger partial charge on any atom is -0.350 e. The Morgan fingerprint density at radius 1 is 1.33 bits per heavy atom. The van der Waals surface area contributed by atoms with Gasteiger partial charge in [0.1, 0.15) is 0 Å². The standard InChI is InChI=1S/C23H30N2OS/c1-3-4-11-21(22-14-16-27-18-22)12-6-13-23(26)25-19(2)8-5-9-20-10-7-15-24-17-20/h6-7,10,12-19H,3-5,8-9,11H2,1-2H3,(H,25,26)/t19-/m1/s1. The number of aryl methyl sites for hydroxylation is 1. The first-order valence-electron chi connectivity index (χ1n) is 9.78. The van der Waals surface area contributed by atoms with Gasteiger partial charge in [-0.1, -0.05) is 31.6 Å². The number of nitrogens with one attached hydrogen (secondary N) is 1. The number of thiophene rings is 1. The van der Waals surface area contributed by atoms with Crippen molar-refractivity contribution >= 4 is 22.8 Å². The summed E-state index contributed by atoms with van der Waals surface area (Å²) in [4.78, 5) is 16.3. The van der Waals surface area contributed by atoms with Crippen LogP contribution in [0.25, 0.3) is 5.57 Å². The van der Waals surface area contributed by atoms with Crippen LogP contribution in [0.2, 0.25) is 0 Å². The molecule has 1 N–H and O–H groups in total. The van der Waals surface area contributed by atoms with Gasteiger partial charge in [0.2, 0.25) is 5.91 Å². The molecular formula is C23H30N2OS. The number of amides is 1. The van der Waals surface area contributed by atoms with Crippen LogP contribution in [0.3, 0.4) is 0 Å². The lowest BCUT2D eigenvalue weighted by Gasteiger charge is -2.12. The van der Waals surface area contributed by atoms with E-state index in [1.54, 1.807) is 23.6 Å². The second-order valence-electron chi connectivity index (χ2n) is 6.83. The summed E-state index contributed by atoms with van der Waals surface area (Å²) < 4.78 is 0. The molecule has 27 heavy (non-hydrogen) atoms. The normalized spacial score (nSPS) is 13.0. The second kappa shape index (κ2) is 12.2. The van der Waals surface area contributed by atoms with E-state index in [9.17, 15) is 4.79 Å². The van der Waals surface area contributed by atoms with Gasteiger partial charge < -0.3 is 5.32 Å². The molecule has 2 rings (SSSR count). The maximum atomic E-state index is 12.1. The molecule has 2 aromatic heterocycles. The third-order valence-corrected chi connectivity index (χ3v) is 5.13. The Balaban J connectivity index is 1.77. The largest absolute Gasteiger partial charge is 0.350 e. The van der Waals surface area contributed by atoms with Crippen LogP contribution < -0.4 is 5.32 Å². The van der Waals surface area contributed by atoms with Gasteiger partial charge in [0.15, 0.2) is 0 Å². The number of hydrogen-bond donors (Lipinski definition) is 1. The number of rotatable bonds is 11. The third kappa shape index (κ3) is 8.35. The highest BCUT2D eigenvalue weighted by molar-refractivity contribution is 7.08. The highest BCUT2D eigenvalue weighted by Gasteiger charge is 2.05. The summed E-state index contributed by atoms with van der Waals surface area (Å²) >= 11 is 1.71. The van der Waals surface area contributed by atoms with Gasteiger partial charge in [-0.3, -0.25) is 9.78 Å². The topological polar surface area (TPSA) is 42.0 Å². The fourth-order valence-electron chi connectivity index (χ4n) is 2.91. The molecular weight excluding hydrogens is 352 g/mol. The molecule has 0 bridgehead atoms.